The molecule has 0 spiro atoms. The zero-order valence-corrected chi connectivity index (χ0v) is 23.5. The summed E-state index contributed by atoms with van der Waals surface area (Å²) in [5.41, 5.74) is -1.50. The molecule has 2 saturated carbocycles. The molecule has 0 radical (unpaired) electrons. The molecule has 4 aliphatic rings. The molecule has 0 aromatic heterocycles. The number of carboxylic acids is 2. The number of carboxylic acid groups (broad SMARTS) is 2. The van der Waals surface area contributed by atoms with E-state index in [1.54, 1.807) is 41.5 Å². The fraction of sp³-hybridized carbons (Fsp3) is 0.846. The van der Waals surface area contributed by atoms with Crippen LogP contribution in [0.5, 0.6) is 0 Å². The van der Waals surface area contributed by atoms with Crippen molar-refractivity contribution in [1.29, 1.82) is 0 Å². The molecule has 4 rings (SSSR count). The van der Waals surface area contributed by atoms with Crippen LogP contribution in [0.4, 0.5) is 27.2 Å². The maximum Gasteiger partial charge on any atom is 0.411 e. The van der Waals surface area contributed by atoms with Gasteiger partial charge in [0.05, 0.1) is 0 Å². The highest BCUT2D eigenvalue weighted by Crippen LogP contribution is 2.51. The van der Waals surface area contributed by atoms with E-state index in [1.165, 1.54) is 0 Å². The number of aliphatic carboxylic acids is 2. The van der Waals surface area contributed by atoms with E-state index in [4.69, 9.17) is 9.47 Å². The number of nitrogens with zero attached hydrogens (tertiary/aromatic N) is 2. The molecule has 228 valence electrons. The minimum Gasteiger partial charge on any atom is -0.480 e. The number of rotatable bonds is 2. The first-order valence-electron chi connectivity index (χ1n) is 13.2. The first-order chi connectivity index (χ1) is 18.0. The van der Waals surface area contributed by atoms with Gasteiger partial charge in [0.15, 0.2) is 0 Å². The zero-order chi connectivity index (χ0) is 30.6. The van der Waals surface area contributed by atoms with Crippen LogP contribution in [-0.2, 0) is 19.1 Å². The third kappa shape index (κ3) is 7.28. The maximum atomic E-state index is 13.4. The maximum absolute atomic E-state index is 13.4. The van der Waals surface area contributed by atoms with Crippen LogP contribution in [0.1, 0.15) is 67.2 Å². The van der Waals surface area contributed by atoms with Crippen molar-refractivity contribution in [1.82, 2.24) is 9.80 Å². The van der Waals surface area contributed by atoms with Crippen LogP contribution in [-0.4, -0.2) is 92.4 Å². The van der Waals surface area contributed by atoms with Gasteiger partial charge in [0.25, 0.3) is 0 Å². The van der Waals surface area contributed by atoms with Crippen LogP contribution >= 0.6 is 0 Å². The van der Waals surface area contributed by atoms with Crippen LogP contribution in [0.2, 0.25) is 0 Å². The molecule has 40 heavy (non-hydrogen) atoms. The van der Waals surface area contributed by atoms with Gasteiger partial charge in [-0.1, -0.05) is 0 Å². The molecule has 2 unspecified atom stereocenters. The van der Waals surface area contributed by atoms with Crippen molar-refractivity contribution in [2.75, 3.05) is 13.1 Å². The summed E-state index contributed by atoms with van der Waals surface area (Å²) in [5, 5.41) is 18.5. The first kappa shape index (κ1) is 31.7. The standard InChI is InChI=1S/2C13H19F2NO4/c2*1-12(2,3)20-11(19)16-6-7-4-13(14,15)5-8(7)9(16)10(17)18/h2*7-9H,4-6H2,1-3H3,(H,17,18)/t2*7-,8-,9?/m10/s1. The molecule has 2 aliphatic carbocycles. The Balaban J connectivity index is 0.000000220. The van der Waals surface area contributed by atoms with Crippen LogP contribution in [0, 0.1) is 23.7 Å². The van der Waals surface area contributed by atoms with E-state index in [2.05, 4.69) is 0 Å². The quantitative estimate of drug-likeness (QED) is 0.448. The van der Waals surface area contributed by atoms with Crippen molar-refractivity contribution >= 4 is 24.1 Å². The third-order valence-corrected chi connectivity index (χ3v) is 7.51. The summed E-state index contributed by atoms with van der Waals surface area (Å²) in [6, 6.07) is -2.44. The van der Waals surface area contributed by atoms with Gasteiger partial charge in [-0.2, -0.15) is 0 Å². The summed E-state index contributed by atoms with van der Waals surface area (Å²) in [7, 11) is 0. The van der Waals surface area contributed by atoms with E-state index in [-0.39, 0.29) is 25.9 Å². The van der Waals surface area contributed by atoms with Gasteiger partial charge in [-0.15, -0.1) is 0 Å². The predicted octanol–water partition coefficient (Wildman–Crippen LogP) is 4.70. The largest absolute Gasteiger partial charge is 0.480 e. The number of hydrogen-bond donors (Lipinski definition) is 2. The van der Waals surface area contributed by atoms with Crippen molar-refractivity contribution in [2.45, 2.75) is 102 Å². The molecule has 0 bridgehead atoms. The Morgan fingerprint density at radius 2 is 0.950 bits per heavy atom. The van der Waals surface area contributed by atoms with E-state index in [0.717, 1.165) is 9.80 Å². The number of fused-ring (bicyclic) bond motifs is 2. The molecule has 4 fully saturated rings. The average molecular weight is 583 g/mol. The molecule has 10 nitrogen and oxygen atoms in total. The summed E-state index contributed by atoms with van der Waals surface area (Å²) >= 11 is 0. The Morgan fingerprint density at radius 1 is 0.650 bits per heavy atom. The van der Waals surface area contributed by atoms with Crippen molar-refractivity contribution in [3.63, 3.8) is 0 Å². The van der Waals surface area contributed by atoms with E-state index >= 15 is 0 Å². The average Bonchev–Trinajstić information content (AvgIpc) is 3.39. The highest BCUT2D eigenvalue weighted by molar-refractivity contribution is 5.82. The van der Waals surface area contributed by atoms with Gasteiger partial charge < -0.3 is 19.7 Å². The van der Waals surface area contributed by atoms with Gasteiger partial charge in [0, 0.05) is 50.6 Å². The Bertz CT molecular complexity index is 945. The molecule has 2 heterocycles. The molecule has 0 aromatic carbocycles. The highest BCUT2D eigenvalue weighted by Gasteiger charge is 2.59. The topological polar surface area (TPSA) is 134 Å². The molecule has 2 N–H and O–H groups in total. The third-order valence-electron chi connectivity index (χ3n) is 7.51. The predicted molar refractivity (Wildman–Crippen MR) is 131 cm³/mol. The second kappa shape index (κ2) is 10.6. The van der Waals surface area contributed by atoms with E-state index in [1.807, 2.05) is 0 Å². The number of alkyl halides is 4. The Hall–Kier alpha value is -2.80. The van der Waals surface area contributed by atoms with Crippen molar-refractivity contribution in [3.8, 4) is 0 Å². The fourth-order valence-corrected chi connectivity index (χ4v) is 6.24. The van der Waals surface area contributed by atoms with Gasteiger partial charge in [-0.3, -0.25) is 9.80 Å². The number of hydrogen-bond acceptors (Lipinski definition) is 6. The van der Waals surface area contributed by atoms with Gasteiger partial charge in [-0.25, -0.2) is 36.7 Å². The lowest BCUT2D eigenvalue weighted by molar-refractivity contribution is -0.144. The molecule has 6 atom stereocenters. The van der Waals surface area contributed by atoms with Gasteiger partial charge in [0.1, 0.15) is 23.3 Å². The van der Waals surface area contributed by atoms with E-state index in [9.17, 15) is 47.0 Å². The molecule has 14 heteroatoms. The minimum atomic E-state index is -2.83. The molecule has 2 saturated heterocycles. The molecular formula is C26H38F4N2O8. The second-order valence-corrected chi connectivity index (χ2v) is 13.2. The summed E-state index contributed by atoms with van der Waals surface area (Å²) < 4.78 is 63.8. The Morgan fingerprint density at radius 3 is 1.20 bits per heavy atom. The second-order valence-electron chi connectivity index (χ2n) is 13.2. The van der Waals surface area contributed by atoms with Crippen LogP contribution in [0.15, 0.2) is 0 Å². The molecule has 2 amide bonds. The van der Waals surface area contributed by atoms with Crippen molar-refractivity contribution in [3.05, 3.63) is 0 Å². The highest BCUT2D eigenvalue weighted by atomic mass is 19.3. The fourth-order valence-electron chi connectivity index (χ4n) is 6.24. The molecular weight excluding hydrogens is 544 g/mol. The van der Waals surface area contributed by atoms with Crippen LogP contribution in [0.3, 0.4) is 0 Å². The van der Waals surface area contributed by atoms with Crippen molar-refractivity contribution < 1.29 is 56.4 Å². The number of carbonyl (C=O) groups is 4. The lowest BCUT2D eigenvalue weighted by Gasteiger charge is -2.28. The molecule has 2 aliphatic heterocycles. The number of amides is 2. The molecule has 0 aromatic rings. The summed E-state index contributed by atoms with van der Waals surface area (Å²) in [6.45, 7) is 10.1. The summed E-state index contributed by atoms with van der Waals surface area (Å²) in [4.78, 5) is 48.9. The van der Waals surface area contributed by atoms with Gasteiger partial charge in [-0.05, 0) is 53.4 Å². The zero-order valence-electron chi connectivity index (χ0n) is 23.5. The van der Waals surface area contributed by atoms with E-state index < -0.39 is 95.8 Å². The Kier molecular flexibility index (Phi) is 8.37. The lowest BCUT2D eigenvalue weighted by atomic mass is 9.94. The normalized spacial score (nSPS) is 32.0. The van der Waals surface area contributed by atoms with Crippen molar-refractivity contribution in [2.24, 2.45) is 23.7 Å². The van der Waals surface area contributed by atoms with Gasteiger partial charge >= 0.3 is 24.1 Å². The lowest BCUT2D eigenvalue weighted by Crippen LogP contribution is -2.46. The number of ether oxygens (including phenoxy) is 2. The summed E-state index contributed by atoms with van der Waals surface area (Å²) in [6.07, 6.45) is -3.17. The Labute approximate surface area is 229 Å². The van der Waals surface area contributed by atoms with E-state index in [0.29, 0.717) is 0 Å². The van der Waals surface area contributed by atoms with Gasteiger partial charge in [0.2, 0.25) is 11.8 Å². The summed E-state index contributed by atoms with van der Waals surface area (Å²) in [5.74, 6) is -10.5. The van der Waals surface area contributed by atoms with Crippen LogP contribution < -0.4 is 0 Å². The number of halogens is 4. The smallest absolute Gasteiger partial charge is 0.411 e. The number of likely N-dealkylation sites (tertiary alicyclic amines) is 2. The minimum absolute atomic E-state index is 0.0200. The monoisotopic (exact) mass is 582 g/mol. The number of carbonyl (C=O) groups excluding carboxylic acids is 2. The van der Waals surface area contributed by atoms with Crippen LogP contribution in [0.25, 0.3) is 0 Å². The SMILES string of the molecule is CC(C)(C)OC(=O)N1C[C@@H]2CC(F)(F)C[C@@H]2C1C(=O)O.CC(C)(C)OC(=O)N1C[C@H]2CC(F)(F)C[C@H]2C1C(=O)O. The first-order valence-corrected chi connectivity index (χ1v) is 13.2.